The normalized spacial score (nSPS) is 18.2. The van der Waals surface area contributed by atoms with Crippen LogP contribution in [-0.2, 0) is 6.42 Å². The molecule has 0 spiro atoms. The van der Waals surface area contributed by atoms with Crippen LogP contribution in [0.2, 0.25) is 0 Å². The van der Waals surface area contributed by atoms with Crippen molar-refractivity contribution in [2.24, 2.45) is 0 Å². The zero-order valence-electron chi connectivity index (χ0n) is 16.4. The largest absolute Gasteiger partial charge is 0.482 e. The first-order valence-corrected chi connectivity index (χ1v) is 9.60. The highest BCUT2D eigenvalue weighted by Gasteiger charge is 2.33. The maximum Gasteiger partial charge on any atom is 0.416 e. The molecule has 3 rings (SSSR count). The molecule has 2 aromatic heterocycles. The van der Waals surface area contributed by atoms with Gasteiger partial charge in [-0.1, -0.05) is 25.2 Å². The number of aromatic nitrogens is 2. The number of oxazole rings is 1. The Kier molecular flexibility index (Phi) is 6.56. The molecule has 1 aliphatic rings. The third-order valence-electron chi connectivity index (χ3n) is 4.47. The second-order valence-corrected chi connectivity index (χ2v) is 6.68. The molecule has 29 heavy (non-hydrogen) atoms. The summed E-state index contributed by atoms with van der Waals surface area (Å²) in [5.74, 6) is 1.44. The molecule has 1 atom stereocenters. The van der Waals surface area contributed by atoms with E-state index in [1.807, 2.05) is 0 Å². The summed E-state index contributed by atoms with van der Waals surface area (Å²) < 4.78 is 51.9. The molecule has 0 saturated heterocycles. The number of fused-ring (bicyclic) bond motifs is 1. The highest BCUT2D eigenvalue weighted by Crippen LogP contribution is 2.36. The molecule has 0 aromatic carbocycles. The minimum Gasteiger partial charge on any atom is -0.482 e. The molecule has 0 aliphatic heterocycles. The quantitative estimate of drug-likeness (QED) is 0.524. The lowest BCUT2D eigenvalue weighted by atomic mass is 9.99. The zero-order chi connectivity index (χ0) is 20.9. The van der Waals surface area contributed by atoms with Crippen molar-refractivity contribution < 1.29 is 22.3 Å². The highest BCUT2D eigenvalue weighted by atomic mass is 19.4. The third kappa shape index (κ3) is 5.16. The first-order valence-electron chi connectivity index (χ1n) is 9.60. The van der Waals surface area contributed by atoms with Crippen molar-refractivity contribution in [1.82, 2.24) is 9.97 Å². The summed E-state index contributed by atoms with van der Waals surface area (Å²) in [7, 11) is 0. The van der Waals surface area contributed by atoms with Crippen LogP contribution >= 0.6 is 0 Å². The van der Waals surface area contributed by atoms with E-state index in [1.54, 1.807) is 50.5 Å². The van der Waals surface area contributed by atoms with E-state index in [-0.39, 0.29) is 24.0 Å². The summed E-state index contributed by atoms with van der Waals surface area (Å²) in [6.07, 6.45) is 6.53. The van der Waals surface area contributed by atoms with Crippen molar-refractivity contribution in [2.45, 2.75) is 51.8 Å². The van der Waals surface area contributed by atoms with E-state index in [0.29, 0.717) is 23.6 Å². The molecular formula is C22H23F3N2O2. The molecule has 154 valence electrons. The van der Waals surface area contributed by atoms with Gasteiger partial charge in [-0.25, -0.2) is 4.98 Å². The van der Waals surface area contributed by atoms with Crippen LogP contribution in [-0.4, -0.2) is 16.1 Å². The summed E-state index contributed by atoms with van der Waals surface area (Å²) >= 11 is 0. The van der Waals surface area contributed by atoms with Gasteiger partial charge in [0, 0.05) is 18.2 Å². The smallest absolute Gasteiger partial charge is 0.416 e. The van der Waals surface area contributed by atoms with Crippen LogP contribution in [0.5, 0.6) is 5.75 Å². The van der Waals surface area contributed by atoms with Crippen molar-refractivity contribution in [3.05, 3.63) is 71.7 Å². The fourth-order valence-corrected chi connectivity index (χ4v) is 3.20. The maximum atomic E-state index is 13.3. The molecule has 2 aromatic rings. The molecule has 2 heterocycles. The average molecular weight is 404 g/mol. The second-order valence-electron chi connectivity index (χ2n) is 6.68. The molecule has 1 unspecified atom stereocenters. The Balaban J connectivity index is 1.96. The Morgan fingerprint density at radius 3 is 2.86 bits per heavy atom. The Labute approximate surface area is 167 Å². The fraction of sp³-hybridized carbons (Fsp3) is 0.364. The second kappa shape index (κ2) is 9.11. The summed E-state index contributed by atoms with van der Waals surface area (Å²) in [6.45, 7) is 3.40. The molecule has 7 heteroatoms. The molecular weight excluding hydrogens is 381 g/mol. The van der Waals surface area contributed by atoms with Crippen molar-refractivity contribution in [3.8, 4) is 5.75 Å². The zero-order valence-corrected chi connectivity index (χ0v) is 16.4. The summed E-state index contributed by atoms with van der Waals surface area (Å²) in [6, 6.07) is 3.58. The van der Waals surface area contributed by atoms with Gasteiger partial charge in [0.05, 0.1) is 11.8 Å². The number of pyridine rings is 1. The number of halogens is 3. The monoisotopic (exact) mass is 404 g/mol. The van der Waals surface area contributed by atoms with Crippen molar-refractivity contribution in [2.75, 3.05) is 0 Å². The molecule has 0 amide bonds. The van der Waals surface area contributed by atoms with Crippen LogP contribution in [0.25, 0.3) is 5.57 Å². The van der Waals surface area contributed by atoms with E-state index in [0.717, 1.165) is 25.0 Å². The number of allylic oxidation sites excluding steroid dienone is 6. The van der Waals surface area contributed by atoms with E-state index in [9.17, 15) is 13.2 Å². The molecule has 0 bridgehead atoms. The predicted molar refractivity (Wildman–Crippen MR) is 104 cm³/mol. The number of nitrogens with zero attached hydrogens (tertiary/aromatic N) is 2. The summed E-state index contributed by atoms with van der Waals surface area (Å²) in [4.78, 5) is 8.55. The van der Waals surface area contributed by atoms with E-state index in [4.69, 9.17) is 9.15 Å². The van der Waals surface area contributed by atoms with Crippen LogP contribution in [0.1, 0.15) is 56.6 Å². The Bertz CT molecular complexity index is 912. The number of aryl methyl sites for hydroxylation is 1. The lowest BCUT2D eigenvalue weighted by molar-refractivity contribution is -0.0883. The maximum absolute atomic E-state index is 13.3. The number of hydrogen-bond donors (Lipinski definition) is 0. The lowest BCUT2D eigenvalue weighted by Crippen LogP contribution is -2.15. The summed E-state index contributed by atoms with van der Waals surface area (Å²) in [5.41, 5.74) is 0.199. The Hall–Kier alpha value is -2.83. The van der Waals surface area contributed by atoms with E-state index in [1.165, 1.54) is 0 Å². The molecule has 1 aliphatic carbocycles. The van der Waals surface area contributed by atoms with Gasteiger partial charge in [-0.2, -0.15) is 13.2 Å². The van der Waals surface area contributed by atoms with Gasteiger partial charge in [0.25, 0.3) is 0 Å². The average Bonchev–Trinajstić information content (AvgIpc) is 3.12. The van der Waals surface area contributed by atoms with Crippen molar-refractivity contribution >= 4 is 5.57 Å². The Morgan fingerprint density at radius 1 is 1.38 bits per heavy atom. The molecule has 0 N–H and O–H groups in total. The van der Waals surface area contributed by atoms with Gasteiger partial charge in [-0.15, -0.1) is 0 Å². The van der Waals surface area contributed by atoms with Gasteiger partial charge >= 0.3 is 6.18 Å². The predicted octanol–water partition coefficient (Wildman–Crippen LogP) is 6.38. The Morgan fingerprint density at radius 2 is 2.21 bits per heavy atom. The standard InChI is InChI=1S/C22H23F3N2O2/c1-3-7-15(13-16(8-4-2)22(23,24)25)21-27-20-18(10-5-11-19(20)29-21)28-17-9-6-12-26-14-17/h3,6-9,12-14,18H,4-5,10-11H2,1-2H3/b7-3-,15-13+,16-8-. The molecule has 0 fully saturated rings. The number of alkyl halides is 3. The first-order chi connectivity index (χ1) is 13.9. The van der Waals surface area contributed by atoms with Crippen LogP contribution in [0.4, 0.5) is 13.2 Å². The van der Waals surface area contributed by atoms with Crippen LogP contribution in [0.15, 0.2) is 58.8 Å². The minimum absolute atomic E-state index is 0.168. The molecule has 0 radical (unpaired) electrons. The van der Waals surface area contributed by atoms with Crippen LogP contribution in [0, 0.1) is 0 Å². The van der Waals surface area contributed by atoms with E-state index >= 15 is 0 Å². The van der Waals surface area contributed by atoms with Gasteiger partial charge in [-0.05, 0) is 44.4 Å². The molecule has 4 nitrogen and oxygen atoms in total. The molecule has 0 saturated carbocycles. The number of rotatable bonds is 6. The van der Waals surface area contributed by atoms with Crippen LogP contribution in [0.3, 0.4) is 0 Å². The fourth-order valence-electron chi connectivity index (χ4n) is 3.20. The topological polar surface area (TPSA) is 48.2 Å². The number of ether oxygens (including phenoxy) is 1. The number of hydrogen-bond acceptors (Lipinski definition) is 4. The van der Waals surface area contributed by atoms with Gasteiger partial charge < -0.3 is 9.15 Å². The van der Waals surface area contributed by atoms with Crippen LogP contribution < -0.4 is 4.74 Å². The van der Waals surface area contributed by atoms with Crippen molar-refractivity contribution in [1.29, 1.82) is 0 Å². The third-order valence-corrected chi connectivity index (χ3v) is 4.47. The minimum atomic E-state index is -4.44. The summed E-state index contributed by atoms with van der Waals surface area (Å²) in [5, 5.41) is 0. The van der Waals surface area contributed by atoms with Crippen molar-refractivity contribution in [3.63, 3.8) is 0 Å². The van der Waals surface area contributed by atoms with Gasteiger partial charge in [0.15, 0.2) is 0 Å². The van der Waals surface area contributed by atoms with E-state index < -0.39 is 11.7 Å². The SMILES string of the molecule is C\C=C/C(=C\C(=C\CC)C(F)(F)F)c1nc2c(o1)CCCC2Oc1cccnc1. The van der Waals surface area contributed by atoms with E-state index in [2.05, 4.69) is 9.97 Å². The first kappa shape index (κ1) is 20.9. The van der Waals surface area contributed by atoms with Gasteiger partial charge in [0.1, 0.15) is 23.3 Å². The van der Waals surface area contributed by atoms with Gasteiger partial charge in [-0.3, -0.25) is 4.98 Å². The van der Waals surface area contributed by atoms with Gasteiger partial charge in [0.2, 0.25) is 5.89 Å². The lowest BCUT2D eigenvalue weighted by Gasteiger charge is -2.21. The highest BCUT2D eigenvalue weighted by molar-refractivity contribution is 5.71.